The number of rotatable bonds is 8. The van der Waals surface area contributed by atoms with Crippen molar-refractivity contribution in [3.63, 3.8) is 0 Å². The smallest absolute Gasteiger partial charge is 0.251 e. The van der Waals surface area contributed by atoms with Crippen molar-refractivity contribution in [1.82, 2.24) is 34.9 Å². The first-order chi connectivity index (χ1) is 15.6. The first kappa shape index (κ1) is 21.1. The van der Waals surface area contributed by atoms with Gasteiger partial charge in [-0.05, 0) is 43.9 Å². The van der Waals surface area contributed by atoms with Crippen LogP contribution in [0, 0.1) is 0 Å². The zero-order chi connectivity index (χ0) is 22.3. The molecule has 1 aromatic carbocycles. The molecule has 0 aliphatic rings. The molecular formula is C22H23N9O. The van der Waals surface area contributed by atoms with Gasteiger partial charge in [-0.15, -0.1) is 0 Å². The summed E-state index contributed by atoms with van der Waals surface area (Å²) in [5, 5.41) is 12.2. The van der Waals surface area contributed by atoms with E-state index >= 15 is 0 Å². The molecule has 0 spiro atoms. The molecule has 10 heteroatoms. The molecule has 3 heterocycles. The molecule has 0 fully saturated rings. The summed E-state index contributed by atoms with van der Waals surface area (Å²) in [7, 11) is 3.93. The van der Waals surface area contributed by atoms with E-state index in [0.717, 1.165) is 17.5 Å². The predicted octanol–water partition coefficient (Wildman–Crippen LogP) is 1.95. The quantitative estimate of drug-likeness (QED) is 0.325. The predicted molar refractivity (Wildman–Crippen MR) is 123 cm³/mol. The highest BCUT2D eigenvalue weighted by Gasteiger charge is 2.11. The molecule has 0 radical (unpaired) electrons. The van der Waals surface area contributed by atoms with Gasteiger partial charge < -0.3 is 10.2 Å². The molecule has 0 saturated heterocycles. The monoisotopic (exact) mass is 429 g/mol. The highest BCUT2D eigenvalue weighted by atomic mass is 16.1. The van der Waals surface area contributed by atoms with Gasteiger partial charge in [0.1, 0.15) is 6.33 Å². The van der Waals surface area contributed by atoms with Crippen molar-refractivity contribution in [2.45, 2.75) is 0 Å². The van der Waals surface area contributed by atoms with Crippen LogP contribution in [-0.4, -0.2) is 68.9 Å². The highest BCUT2D eigenvalue weighted by molar-refractivity contribution is 5.95. The number of hydrazone groups is 1. The van der Waals surface area contributed by atoms with E-state index in [1.54, 1.807) is 35.4 Å². The van der Waals surface area contributed by atoms with Gasteiger partial charge in [0, 0.05) is 24.8 Å². The molecule has 4 rings (SSSR count). The molecule has 0 atom stereocenters. The van der Waals surface area contributed by atoms with E-state index in [-0.39, 0.29) is 5.91 Å². The van der Waals surface area contributed by atoms with E-state index < -0.39 is 0 Å². The lowest BCUT2D eigenvalue weighted by Crippen LogP contribution is -2.31. The van der Waals surface area contributed by atoms with E-state index in [2.05, 4.69) is 35.9 Å². The van der Waals surface area contributed by atoms with Crippen LogP contribution in [-0.2, 0) is 0 Å². The number of nitrogens with one attached hydrogen (secondary N) is 2. The lowest BCUT2D eigenvalue weighted by Gasteiger charge is -2.10. The first-order valence-corrected chi connectivity index (χ1v) is 10.0. The second kappa shape index (κ2) is 9.75. The number of amides is 1. The Kier molecular flexibility index (Phi) is 6.42. The second-order valence-electron chi connectivity index (χ2n) is 7.26. The second-order valence-corrected chi connectivity index (χ2v) is 7.26. The summed E-state index contributed by atoms with van der Waals surface area (Å²) in [5.41, 5.74) is 5.01. The van der Waals surface area contributed by atoms with Gasteiger partial charge in [-0.25, -0.2) is 15.0 Å². The summed E-state index contributed by atoms with van der Waals surface area (Å²) in [6, 6.07) is 12.8. The molecule has 32 heavy (non-hydrogen) atoms. The number of likely N-dealkylation sites (N-methyl/N-ethyl adjacent to an activating group) is 1. The van der Waals surface area contributed by atoms with Gasteiger partial charge >= 0.3 is 0 Å². The van der Waals surface area contributed by atoms with E-state index in [4.69, 9.17) is 0 Å². The molecule has 10 nitrogen and oxygen atoms in total. The zero-order valence-electron chi connectivity index (χ0n) is 17.8. The topological polar surface area (TPSA) is 113 Å². The van der Waals surface area contributed by atoms with Crippen LogP contribution in [0.2, 0.25) is 0 Å². The van der Waals surface area contributed by atoms with Gasteiger partial charge in [-0.1, -0.05) is 18.2 Å². The maximum Gasteiger partial charge on any atom is 0.251 e. The van der Waals surface area contributed by atoms with Crippen molar-refractivity contribution < 1.29 is 4.79 Å². The summed E-state index contributed by atoms with van der Waals surface area (Å²) < 4.78 is 1.65. The van der Waals surface area contributed by atoms with Crippen molar-refractivity contribution in [3.05, 3.63) is 72.3 Å². The Morgan fingerprint density at radius 3 is 2.72 bits per heavy atom. The minimum atomic E-state index is -0.0956. The van der Waals surface area contributed by atoms with Crippen LogP contribution in [0.5, 0.6) is 0 Å². The van der Waals surface area contributed by atoms with Gasteiger partial charge in [0.25, 0.3) is 5.91 Å². The fourth-order valence-corrected chi connectivity index (χ4v) is 2.96. The minimum absolute atomic E-state index is 0.0956. The molecule has 3 aromatic heterocycles. The van der Waals surface area contributed by atoms with E-state index in [0.29, 0.717) is 29.4 Å². The minimum Gasteiger partial charge on any atom is -0.351 e. The molecule has 0 aliphatic carbocycles. The largest absolute Gasteiger partial charge is 0.351 e. The lowest BCUT2D eigenvalue weighted by atomic mass is 10.1. The number of aromatic nitrogens is 5. The maximum atomic E-state index is 12.2. The highest BCUT2D eigenvalue weighted by Crippen LogP contribution is 2.20. The molecule has 1 amide bonds. The fourth-order valence-electron chi connectivity index (χ4n) is 2.96. The molecule has 0 saturated carbocycles. The number of fused-ring (bicyclic) bond motifs is 1. The van der Waals surface area contributed by atoms with Gasteiger partial charge in [0.15, 0.2) is 17.3 Å². The van der Waals surface area contributed by atoms with Crippen LogP contribution in [0.25, 0.3) is 16.9 Å². The summed E-state index contributed by atoms with van der Waals surface area (Å²) in [6.45, 7) is 1.39. The average Bonchev–Trinajstić information content (AvgIpc) is 3.25. The van der Waals surface area contributed by atoms with Crippen molar-refractivity contribution in [1.29, 1.82) is 0 Å². The van der Waals surface area contributed by atoms with Crippen molar-refractivity contribution >= 4 is 29.0 Å². The Morgan fingerprint density at radius 1 is 1.12 bits per heavy atom. The van der Waals surface area contributed by atoms with Gasteiger partial charge in [0.05, 0.1) is 17.8 Å². The van der Waals surface area contributed by atoms with Crippen LogP contribution in [0.3, 0.4) is 0 Å². The molecule has 162 valence electrons. The third-order valence-corrected chi connectivity index (χ3v) is 4.63. The van der Waals surface area contributed by atoms with Gasteiger partial charge in [-0.2, -0.15) is 14.9 Å². The van der Waals surface area contributed by atoms with Crippen LogP contribution >= 0.6 is 0 Å². The Morgan fingerprint density at radius 2 is 1.97 bits per heavy atom. The van der Waals surface area contributed by atoms with E-state index in [1.807, 2.05) is 49.3 Å². The number of pyridine rings is 1. The fraction of sp³-hybridized carbons (Fsp3) is 0.182. The van der Waals surface area contributed by atoms with E-state index in [9.17, 15) is 4.79 Å². The number of nitrogens with zero attached hydrogens (tertiary/aromatic N) is 7. The molecular weight excluding hydrogens is 406 g/mol. The maximum absolute atomic E-state index is 12.2. The SMILES string of the molecule is CN(C)CCNC(=O)c1ccc(/C=N/Nc2ncnc3c2cnn3-c2ccccn2)cc1. The van der Waals surface area contributed by atoms with Gasteiger partial charge in [0.2, 0.25) is 0 Å². The third kappa shape index (κ3) is 4.93. The molecule has 4 aromatic rings. The average molecular weight is 429 g/mol. The Hall–Kier alpha value is -4.18. The normalized spacial score (nSPS) is 11.3. The summed E-state index contributed by atoms with van der Waals surface area (Å²) in [6.07, 6.45) is 6.48. The molecule has 0 aliphatic heterocycles. The number of anilines is 1. The molecule has 0 bridgehead atoms. The number of hydrogen-bond acceptors (Lipinski definition) is 8. The van der Waals surface area contributed by atoms with Crippen LogP contribution in [0.15, 0.2) is 66.3 Å². The summed E-state index contributed by atoms with van der Waals surface area (Å²) in [5.74, 6) is 1.11. The van der Waals surface area contributed by atoms with Crippen molar-refractivity contribution in [2.24, 2.45) is 5.10 Å². The van der Waals surface area contributed by atoms with Crippen LogP contribution < -0.4 is 10.7 Å². The lowest BCUT2D eigenvalue weighted by molar-refractivity contribution is 0.0951. The number of benzene rings is 1. The first-order valence-electron chi connectivity index (χ1n) is 10.0. The zero-order valence-corrected chi connectivity index (χ0v) is 17.8. The number of carbonyl (C=O) groups is 1. The van der Waals surface area contributed by atoms with Crippen LogP contribution in [0.1, 0.15) is 15.9 Å². The summed E-state index contributed by atoms with van der Waals surface area (Å²) in [4.78, 5) is 27.1. The van der Waals surface area contributed by atoms with Crippen LogP contribution in [0.4, 0.5) is 5.82 Å². The number of hydrogen-bond donors (Lipinski definition) is 2. The molecule has 0 unspecified atom stereocenters. The standard InChI is InChI=1S/C22H23N9O/c1-30(2)12-11-24-22(32)17-8-6-16(7-9-17)13-27-29-20-18-14-28-31(21(18)26-15-25-20)19-5-3-4-10-23-19/h3-10,13-15H,11-12H2,1-2H3,(H,24,32)(H,25,26,29)/b27-13+. The Labute approximate surface area is 185 Å². The number of carbonyl (C=O) groups excluding carboxylic acids is 1. The van der Waals surface area contributed by atoms with E-state index in [1.165, 1.54) is 6.33 Å². The molecule has 2 N–H and O–H groups in total. The summed E-state index contributed by atoms with van der Waals surface area (Å²) >= 11 is 0. The van der Waals surface area contributed by atoms with Gasteiger partial charge in [-0.3, -0.25) is 10.2 Å². The Balaban J connectivity index is 1.42. The Bertz CT molecular complexity index is 1220. The van der Waals surface area contributed by atoms with Crippen molar-refractivity contribution in [3.8, 4) is 5.82 Å². The third-order valence-electron chi connectivity index (χ3n) is 4.63. The van der Waals surface area contributed by atoms with Crippen molar-refractivity contribution in [2.75, 3.05) is 32.6 Å².